The van der Waals surface area contributed by atoms with Gasteiger partial charge in [0.05, 0.1) is 0 Å². The molecule has 0 bridgehead atoms. The number of likely N-dealkylation sites (tertiary alicyclic amines) is 1. The quantitative estimate of drug-likeness (QED) is 0.644. The lowest BCUT2D eigenvalue weighted by Crippen LogP contribution is -2.31. The monoisotopic (exact) mass is 230 g/mol. The van der Waals surface area contributed by atoms with Gasteiger partial charge in [-0.15, -0.1) is 0 Å². The zero-order valence-electron chi connectivity index (χ0n) is 10.3. The average Bonchev–Trinajstić information content (AvgIpc) is 2.74. The van der Waals surface area contributed by atoms with Gasteiger partial charge in [0.25, 0.3) is 0 Å². The van der Waals surface area contributed by atoms with Crippen LogP contribution >= 0.6 is 11.8 Å². The number of rotatable bonds is 8. The summed E-state index contributed by atoms with van der Waals surface area (Å²) in [5.74, 6) is 2.49. The van der Waals surface area contributed by atoms with E-state index in [1.165, 1.54) is 56.9 Å². The summed E-state index contributed by atoms with van der Waals surface area (Å²) >= 11 is 2.03. The fraction of sp³-hybridized carbons (Fsp3) is 1.00. The SMILES string of the molecule is CCSCC(C)NCCCN1CCCC1. The average molecular weight is 230 g/mol. The molecule has 1 N–H and O–H groups in total. The summed E-state index contributed by atoms with van der Waals surface area (Å²) in [7, 11) is 0. The Morgan fingerprint density at radius 3 is 2.73 bits per heavy atom. The maximum Gasteiger partial charge on any atom is 0.0129 e. The third-order valence-electron chi connectivity index (χ3n) is 2.91. The highest BCUT2D eigenvalue weighted by Gasteiger charge is 2.10. The van der Waals surface area contributed by atoms with Crippen molar-refractivity contribution in [1.29, 1.82) is 0 Å². The Labute approximate surface area is 99.2 Å². The molecule has 0 aromatic heterocycles. The maximum atomic E-state index is 3.59. The third kappa shape index (κ3) is 6.44. The Morgan fingerprint density at radius 2 is 2.07 bits per heavy atom. The normalized spacial score (nSPS) is 19.6. The Balaban J connectivity index is 1.87. The van der Waals surface area contributed by atoms with Gasteiger partial charge in [0.1, 0.15) is 0 Å². The predicted octanol–water partition coefficient (Wildman–Crippen LogP) is 2.20. The van der Waals surface area contributed by atoms with Crippen LogP contribution in [-0.4, -0.2) is 48.6 Å². The van der Waals surface area contributed by atoms with E-state index in [4.69, 9.17) is 0 Å². The molecule has 0 aliphatic carbocycles. The zero-order valence-corrected chi connectivity index (χ0v) is 11.1. The van der Waals surface area contributed by atoms with E-state index in [9.17, 15) is 0 Å². The van der Waals surface area contributed by atoms with Crippen molar-refractivity contribution in [3.05, 3.63) is 0 Å². The molecule has 90 valence electrons. The molecule has 0 amide bonds. The molecule has 1 saturated heterocycles. The van der Waals surface area contributed by atoms with Crippen LogP contribution in [0.2, 0.25) is 0 Å². The van der Waals surface area contributed by atoms with E-state index < -0.39 is 0 Å². The van der Waals surface area contributed by atoms with Crippen molar-refractivity contribution in [1.82, 2.24) is 10.2 Å². The van der Waals surface area contributed by atoms with Crippen LogP contribution in [0.3, 0.4) is 0 Å². The van der Waals surface area contributed by atoms with Crippen LogP contribution < -0.4 is 5.32 Å². The first kappa shape index (κ1) is 13.3. The van der Waals surface area contributed by atoms with Gasteiger partial charge in [-0.25, -0.2) is 0 Å². The van der Waals surface area contributed by atoms with E-state index in [-0.39, 0.29) is 0 Å². The number of nitrogens with zero attached hydrogens (tertiary/aromatic N) is 1. The van der Waals surface area contributed by atoms with Crippen LogP contribution in [0.25, 0.3) is 0 Å². The molecule has 0 aromatic rings. The summed E-state index contributed by atoms with van der Waals surface area (Å²) < 4.78 is 0. The van der Waals surface area contributed by atoms with Crippen LogP contribution in [-0.2, 0) is 0 Å². The third-order valence-corrected chi connectivity index (χ3v) is 4.06. The molecule has 15 heavy (non-hydrogen) atoms. The van der Waals surface area contributed by atoms with Crippen LogP contribution in [0.5, 0.6) is 0 Å². The molecule has 0 aromatic carbocycles. The number of nitrogens with one attached hydrogen (secondary N) is 1. The number of hydrogen-bond donors (Lipinski definition) is 1. The lowest BCUT2D eigenvalue weighted by Gasteiger charge is -2.16. The summed E-state index contributed by atoms with van der Waals surface area (Å²) in [6.07, 6.45) is 4.13. The van der Waals surface area contributed by atoms with Gasteiger partial charge >= 0.3 is 0 Å². The Kier molecular flexibility index (Phi) is 7.49. The van der Waals surface area contributed by atoms with Gasteiger partial charge in [0.15, 0.2) is 0 Å². The second-order valence-corrected chi connectivity index (χ2v) is 5.74. The van der Waals surface area contributed by atoms with Gasteiger partial charge in [0, 0.05) is 11.8 Å². The largest absolute Gasteiger partial charge is 0.313 e. The highest BCUT2D eigenvalue weighted by atomic mass is 32.2. The van der Waals surface area contributed by atoms with E-state index in [2.05, 4.69) is 24.1 Å². The molecule has 1 aliphatic rings. The second kappa shape index (κ2) is 8.43. The van der Waals surface area contributed by atoms with E-state index in [0.29, 0.717) is 6.04 Å². The highest BCUT2D eigenvalue weighted by Crippen LogP contribution is 2.07. The van der Waals surface area contributed by atoms with E-state index in [0.717, 1.165) is 0 Å². The summed E-state index contributed by atoms with van der Waals surface area (Å²) in [6, 6.07) is 0.675. The second-order valence-electron chi connectivity index (χ2n) is 4.42. The summed E-state index contributed by atoms with van der Waals surface area (Å²) in [5.41, 5.74) is 0. The molecule has 1 heterocycles. The Bertz CT molecular complexity index is 147. The molecule has 0 radical (unpaired) electrons. The minimum atomic E-state index is 0.675. The lowest BCUT2D eigenvalue weighted by atomic mass is 10.3. The predicted molar refractivity (Wildman–Crippen MR) is 70.8 cm³/mol. The Morgan fingerprint density at radius 1 is 1.33 bits per heavy atom. The van der Waals surface area contributed by atoms with E-state index >= 15 is 0 Å². The zero-order chi connectivity index (χ0) is 10.9. The van der Waals surface area contributed by atoms with Gasteiger partial charge < -0.3 is 10.2 Å². The molecular weight excluding hydrogens is 204 g/mol. The molecule has 0 saturated carbocycles. The highest BCUT2D eigenvalue weighted by molar-refractivity contribution is 7.99. The van der Waals surface area contributed by atoms with Crippen molar-refractivity contribution in [2.45, 2.75) is 39.2 Å². The first-order chi connectivity index (χ1) is 7.33. The molecule has 1 fully saturated rings. The Hall–Kier alpha value is 0.270. The fourth-order valence-corrected chi connectivity index (χ4v) is 2.72. The first-order valence-electron chi connectivity index (χ1n) is 6.36. The number of hydrogen-bond acceptors (Lipinski definition) is 3. The van der Waals surface area contributed by atoms with Crippen molar-refractivity contribution in [2.24, 2.45) is 0 Å². The molecule has 0 spiro atoms. The molecule has 1 rings (SSSR count). The van der Waals surface area contributed by atoms with Gasteiger partial charge in [-0.3, -0.25) is 0 Å². The van der Waals surface area contributed by atoms with Crippen molar-refractivity contribution in [3.63, 3.8) is 0 Å². The standard InChI is InChI=1S/C12H26N2S/c1-3-15-11-12(2)13-7-6-10-14-8-4-5-9-14/h12-13H,3-11H2,1-2H3. The van der Waals surface area contributed by atoms with Crippen LogP contribution in [0, 0.1) is 0 Å². The molecule has 2 nitrogen and oxygen atoms in total. The van der Waals surface area contributed by atoms with Crippen LogP contribution in [0.4, 0.5) is 0 Å². The number of thioether (sulfide) groups is 1. The van der Waals surface area contributed by atoms with Gasteiger partial charge in [-0.2, -0.15) is 11.8 Å². The fourth-order valence-electron chi connectivity index (χ4n) is 2.01. The van der Waals surface area contributed by atoms with Crippen molar-refractivity contribution in [2.75, 3.05) is 37.7 Å². The summed E-state index contributed by atoms with van der Waals surface area (Å²) in [5, 5.41) is 3.59. The van der Waals surface area contributed by atoms with Gasteiger partial charge in [-0.05, 0) is 58.1 Å². The van der Waals surface area contributed by atoms with E-state index in [1.807, 2.05) is 11.8 Å². The van der Waals surface area contributed by atoms with Crippen molar-refractivity contribution >= 4 is 11.8 Å². The van der Waals surface area contributed by atoms with Crippen molar-refractivity contribution < 1.29 is 0 Å². The molecular formula is C12H26N2S. The smallest absolute Gasteiger partial charge is 0.0129 e. The summed E-state index contributed by atoms with van der Waals surface area (Å²) in [6.45, 7) is 9.66. The van der Waals surface area contributed by atoms with Gasteiger partial charge in [-0.1, -0.05) is 6.92 Å². The minimum Gasteiger partial charge on any atom is -0.313 e. The van der Waals surface area contributed by atoms with E-state index in [1.54, 1.807) is 0 Å². The lowest BCUT2D eigenvalue weighted by molar-refractivity contribution is 0.329. The van der Waals surface area contributed by atoms with Crippen LogP contribution in [0.15, 0.2) is 0 Å². The summed E-state index contributed by atoms with van der Waals surface area (Å²) in [4.78, 5) is 2.59. The molecule has 1 aliphatic heterocycles. The van der Waals surface area contributed by atoms with Gasteiger partial charge in [0.2, 0.25) is 0 Å². The minimum absolute atomic E-state index is 0.675. The topological polar surface area (TPSA) is 15.3 Å². The van der Waals surface area contributed by atoms with Crippen molar-refractivity contribution in [3.8, 4) is 0 Å². The maximum absolute atomic E-state index is 3.59. The van der Waals surface area contributed by atoms with Crippen LogP contribution in [0.1, 0.15) is 33.1 Å². The molecule has 1 atom stereocenters. The molecule has 1 unspecified atom stereocenters. The first-order valence-corrected chi connectivity index (χ1v) is 7.52. The molecule has 3 heteroatoms.